The van der Waals surface area contributed by atoms with Crippen molar-refractivity contribution in [1.82, 2.24) is 10.6 Å². The van der Waals surface area contributed by atoms with Crippen molar-refractivity contribution in [3.8, 4) is 11.1 Å². The summed E-state index contributed by atoms with van der Waals surface area (Å²) in [5.41, 5.74) is 4.11. The smallest absolute Gasteiger partial charge is 0.407 e. The van der Waals surface area contributed by atoms with Gasteiger partial charge in [-0.3, -0.25) is 4.79 Å². The number of carboxylic acid groups (broad SMARTS) is 1. The largest absolute Gasteiger partial charge is 0.480 e. The van der Waals surface area contributed by atoms with Gasteiger partial charge in [0.25, 0.3) is 0 Å². The number of ether oxygens (including phenoxy) is 1. The van der Waals surface area contributed by atoms with E-state index in [-0.39, 0.29) is 18.9 Å². The van der Waals surface area contributed by atoms with Crippen LogP contribution < -0.4 is 10.6 Å². The van der Waals surface area contributed by atoms with Crippen LogP contribution in [-0.4, -0.2) is 41.8 Å². The average molecular weight is 467 g/mol. The molecule has 2 aromatic rings. The number of aliphatic carboxylic acids is 1. The van der Waals surface area contributed by atoms with Crippen LogP contribution in [0.4, 0.5) is 4.79 Å². The van der Waals surface area contributed by atoms with Gasteiger partial charge < -0.3 is 20.5 Å². The van der Waals surface area contributed by atoms with Gasteiger partial charge in [0.1, 0.15) is 12.6 Å². The van der Waals surface area contributed by atoms with Gasteiger partial charge >= 0.3 is 12.1 Å². The molecule has 0 fully saturated rings. The van der Waals surface area contributed by atoms with Crippen LogP contribution in [0.5, 0.6) is 0 Å². The molecular weight excluding hydrogens is 432 g/mol. The molecule has 3 rings (SSSR count). The molecule has 2 atom stereocenters. The Bertz CT molecular complexity index is 998. The second-order valence-corrected chi connectivity index (χ2v) is 9.84. The average Bonchev–Trinajstić information content (AvgIpc) is 3.10. The highest BCUT2D eigenvalue weighted by atomic mass is 16.5. The van der Waals surface area contributed by atoms with Gasteiger partial charge in [-0.2, -0.15) is 0 Å². The molecule has 0 radical (unpaired) electrons. The minimum atomic E-state index is -1.06. The highest BCUT2D eigenvalue weighted by Gasteiger charge is 2.32. The van der Waals surface area contributed by atoms with Crippen LogP contribution in [0.25, 0.3) is 11.1 Å². The van der Waals surface area contributed by atoms with Crippen LogP contribution >= 0.6 is 0 Å². The molecule has 2 aromatic carbocycles. The molecule has 7 heteroatoms. The Kier molecular flexibility index (Phi) is 7.97. The Morgan fingerprint density at radius 1 is 0.971 bits per heavy atom. The molecule has 1 aliphatic rings. The zero-order valence-electron chi connectivity index (χ0n) is 20.3. The fourth-order valence-corrected chi connectivity index (χ4v) is 4.34. The van der Waals surface area contributed by atoms with E-state index in [0.717, 1.165) is 22.3 Å². The van der Waals surface area contributed by atoms with Crippen molar-refractivity contribution < 1.29 is 24.2 Å². The number of carbonyl (C=O) groups is 3. The molecule has 182 valence electrons. The Hall–Kier alpha value is -3.35. The Morgan fingerprint density at radius 2 is 1.53 bits per heavy atom. The van der Waals surface area contributed by atoms with Crippen molar-refractivity contribution in [3.05, 3.63) is 59.7 Å². The van der Waals surface area contributed by atoms with Gasteiger partial charge in [-0.1, -0.05) is 82.6 Å². The summed E-state index contributed by atoms with van der Waals surface area (Å²) in [5.74, 6) is -1.54. The summed E-state index contributed by atoms with van der Waals surface area (Å²) < 4.78 is 5.63. The molecule has 0 saturated heterocycles. The summed E-state index contributed by atoms with van der Waals surface area (Å²) in [6.07, 6.45) is 0.346. The molecule has 2 amide bonds. The number of amides is 2. The highest BCUT2D eigenvalue weighted by molar-refractivity contribution is 5.84. The van der Waals surface area contributed by atoms with Crippen molar-refractivity contribution in [2.24, 2.45) is 5.41 Å². The lowest BCUT2D eigenvalue weighted by molar-refractivity contribution is -0.142. The third kappa shape index (κ3) is 5.95. The predicted molar refractivity (Wildman–Crippen MR) is 131 cm³/mol. The number of carboxylic acids is 1. The topological polar surface area (TPSA) is 105 Å². The molecule has 7 nitrogen and oxygen atoms in total. The van der Waals surface area contributed by atoms with E-state index in [9.17, 15) is 19.5 Å². The van der Waals surface area contributed by atoms with Gasteiger partial charge in [0, 0.05) is 18.4 Å². The van der Waals surface area contributed by atoms with E-state index in [1.807, 2.05) is 52.0 Å². The molecular formula is C27H34N2O5. The Morgan fingerprint density at radius 3 is 2.03 bits per heavy atom. The Balaban J connectivity index is 1.64. The molecule has 0 bridgehead atoms. The van der Waals surface area contributed by atoms with Crippen molar-refractivity contribution in [3.63, 3.8) is 0 Å². The zero-order valence-corrected chi connectivity index (χ0v) is 20.3. The molecule has 0 aliphatic heterocycles. The summed E-state index contributed by atoms with van der Waals surface area (Å²) in [4.78, 5) is 36.6. The standard InChI is InChI=1S/C27H34N2O5/c1-5-10-22(25(31)32)28-24(30)15-23(27(2,3)4)29-26(33)34-16-21-19-13-8-6-11-17(19)18-12-7-9-14-20(18)21/h6-9,11-14,21-23H,5,10,15-16H2,1-4H3,(H,28,30)(H,29,33)(H,31,32). The first kappa shape index (κ1) is 25.3. The number of hydrogen-bond acceptors (Lipinski definition) is 4. The van der Waals surface area contributed by atoms with Gasteiger partial charge in [-0.25, -0.2) is 9.59 Å². The number of alkyl carbamates (subject to hydrolysis) is 1. The first-order chi connectivity index (χ1) is 16.1. The normalized spacial score (nSPS) is 14.5. The fraction of sp³-hybridized carbons (Fsp3) is 0.444. The van der Waals surface area contributed by atoms with E-state index in [2.05, 4.69) is 34.9 Å². The summed E-state index contributed by atoms with van der Waals surface area (Å²) >= 11 is 0. The fourth-order valence-electron chi connectivity index (χ4n) is 4.34. The van der Waals surface area contributed by atoms with Crippen LogP contribution in [0.15, 0.2) is 48.5 Å². The van der Waals surface area contributed by atoms with Crippen LogP contribution in [0.2, 0.25) is 0 Å². The second-order valence-electron chi connectivity index (χ2n) is 9.84. The summed E-state index contributed by atoms with van der Waals surface area (Å²) in [7, 11) is 0. The number of fused-ring (bicyclic) bond motifs is 3. The van der Waals surface area contributed by atoms with Crippen molar-refractivity contribution in [2.75, 3.05) is 6.61 Å². The van der Waals surface area contributed by atoms with E-state index < -0.39 is 35.5 Å². The van der Waals surface area contributed by atoms with Gasteiger partial charge in [0.05, 0.1) is 0 Å². The Labute approximate surface area is 200 Å². The monoisotopic (exact) mass is 466 g/mol. The molecule has 0 saturated carbocycles. The highest BCUT2D eigenvalue weighted by Crippen LogP contribution is 2.44. The van der Waals surface area contributed by atoms with Crippen LogP contribution in [0.1, 0.15) is 64.0 Å². The van der Waals surface area contributed by atoms with E-state index >= 15 is 0 Å². The van der Waals surface area contributed by atoms with Gasteiger partial charge in [0.15, 0.2) is 0 Å². The molecule has 0 aromatic heterocycles. The lowest BCUT2D eigenvalue weighted by Crippen LogP contribution is -2.49. The lowest BCUT2D eigenvalue weighted by Gasteiger charge is -2.31. The van der Waals surface area contributed by atoms with Crippen LogP contribution in [0, 0.1) is 5.41 Å². The zero-order chi connectivity index (χ0) is 24.9. The maximum Gasteiger partial charge on any atom is 0.407 e. The van der Waals surface area contributed by atoms with Gasteiger partial charge in [-0.05, 0) is 34.1 Å². The molecule has 34 heavy (non-hydrogen) atoms. The number of nitrogens with one attached hydrogen (secondary N) is 2. The van der Waals surface area contributed by atoms with E-state index in [4.69, 9.17) is 4.74 Å². The predicted octanol–water partition coefficient (Wildman–Crippen LogP) is 4.70. The number of rotatable bonds is 9. The number of benzene rings is 2. The van der Waals surface area contributed by atoms with E-state index in [1.165, 1.54) is 0 Å². The third-order valence-corrected chi connectivity index (χ3v) is 6.28. The minimum Gasteiger partial charge on any atom is -0.480 e. The van der Waals surface area contributed by atoms with Crippen molar-refractivity contribution in [2.45, 2.75) is 65.0 Å². The van der Waals surface area contributed by atoms with E-state index in [0.29, 0.717) is 12.8 Å². The first-order valence-electron chi connectivity index (χ1n) is 11.8. The third-order valence-electron chi connectivity index (χ3n) is 6.28. The van der Waals surface area contributed by atoms with Crippen LogP contribution in [-0.2, 0) is 14.3 Å². The quantitative estimate of drug-likeness (QED) is 0.497. The second kappa shape index (κ2) is 10.7. The molecule has 0 spiro atoms. The van der Waals surface area contributed by atoms with Crippen molar-refractivity contribution in [1.29, 1.82) is 0 Å². The molecule has 2 unspecified atom stereocenters. The summed E-state index contributed by atoms with van der Waals surface area (Å²) in [6.45, 7) is 7.78. The molecule has 0 heterocycles. The van der Waals surface area contributed by atoms with Gasteiger partial charge in [0.2, 0.25) is 5.91 Å². The maximum absolute atomic E-state index is 12.7. The number of carbonyl (C=O) groups excluding carboxylic acids is 2. The van der Waals surface area contributed by atoms with E-state index in [1.54, 1.807) is 0 Å². The van der Waals surface area contributed by atoms with Crippen LogP contribution in [0.3, 0.4) is 0 Å². The summed E-state index contributed by atoms with van der Waals surface area (Å²) in [6, 6.07) is 14.8. The van der Waals surface area contributed by atoms with Gasteiger partial charge in [-0.15, -0.1) is 0 Å². The SMILES string of the molecule is CCCC(NC(=O)CC(NC(=O)OCC1c2ccccc2-c2ccccc21)C(C)(C)C)C(=O)O. The maximum atomic E-state index is 12.7. The number of hydrogen-bond donors (Lipinski definition) is 3. The molecule has 3 N–H and O–H groups in total. The lowest BCUT2D eigenvalue weighted by atomic mass is 9.84. The van der Waals surface area contributed by atoms with Crippen molar-refractivity contribution >= 4 is 18.0 Å². The minimum absolute atomic E-state index is 0.0405. The molecule has 1 aliphatic carbocycles. The summed E-state index contributed by atoms with van der Waals surface area (Å²) in [5, 5.41) is 14.7. The first-order valence-corrected chi connectivity index (χ1v) is 11.8.